The number of aromatic nitrogens is 2. The van der Waals surface area contributed by atoms with E-state index in [-0.39, 0.29) is 17.6 Å². The molecule has 0 radical (unpaired) electrons. The van der Waals surface area contributed by atoms with E-state index in [0.717, 1.165) is 31.6 Å². The summed E-state index contributed by atoms with van der Waals surface area (Å²) < 4.78 is 28.1. The number of carbonyl (C=O) groups excluding carboxylic acids is 1. The number of rotatable bonds is 6. The maximum atomic E-state index is 14.6. The molecule has 1 fully saturated rings. The Bertz CT molecular complexity index is 1080. The van der Waals surface area contributed by atoms with E-state index in [9.17, 15) is 13.6 Å². The predicted octanol–water partition coefficient (Wildman–Crippen LogP) is 3.40. The van der Waals surface area contributed by atoms with Gasteiger partial charge in [0.25, 0.3) is 0 Å². The second kappa shape index (κ2) is 9.01. The molecule has 3 aromatic rings. The van der Waals surface area contributed by atoms with Gasteiger partial charge in [0, 0.05) is 31.9 Å². The first-order valence-corrected chi connectivity index (χ1v) is 10.5. The molecule has 6 nitrogen and oxygen atoms in total. The molecule has 0 unspecified atom stereocenters. The Morgan fingerprint density at radius 1 is 1.26 bits per heavy atom. The molecule has 164 valence electrons. The molecule has 1 aliphatic rings. The second-order valence-corrected chi connectivity index (χ2v) is 8.29. The predicted molar refractivity (Wildman–Crippen MR) is 118 cm³/mol. The minimum Gasteiger partial charge on any atom is -0.371 e. The fourth-order valence-corrected chi connectivity index (χ4v) is 3.97. The average Bonchev–Trinajstić information content (AvgIpc) is 3.16. The van der Waals surface area contributed by atoms with Crippen LogP contribution in [0, 0.1) is 17.6 Å². The molecule has 31 heavy (non-hydrogen) atoms. The summed E-state index contributed by atoms with van der Waals surface area (Å²) >= 11 is 0. The van der Waals surface area contributed by atoms with Crippen molar-refractivity contribution in [3.8, 4) is 11.4 Å². The number of fused-ring (bicyclic) bond motifs is 1. The molecule has 2 aromatic carbocycles. The van der Waals surface area contributed by atoms with Crippen molar-refractivity contribution in [1.29, 1.82) is 0 Å². The van der Waals surface area contributed by atoms with Crippen LogP contribution in [0.15, 0.2) is 36.4 Å². The van der Waals surface area contributed by atoms with Crippen LogP contribution in [-0.4, -0.2) is 61.0 Å². The molecule has 2 heterocycles. The lowest BCUT2D eigenvalue weighted by atomic mass is 9.96. The molecule has 0 spiro atoms. The van der Waals surface area contributed by atoms with Gasteiger partial charge in [0.2, 0.25) is 5.91 Å². The third-order valence-corrected chi connectivity index (χ3v) is 5.66. The van der Waals surface area contributed by atoms with Crippen molar-refractivity contribution in [3.05, 3.63) is 48.0 Å². The third kappa shape index (κ3) is 4.85. The lowest BCUT2D eigenvalue weighted by Gasteiger charge is -2.34. The number of benzene rings is 2. The Morgan fingerprint density at radius 2 is 2.10 bits per heavy atom. The fraction of sp³-hybridized carbons (Fsp3) is 0.391. The van der Waals surface area contributed by atoms with Gasteiger partial charge in [0.15, 0.2) is 0 Å². The Hall–Kier alpha value is -3.00. The van der Waals surface area contributed by atoms with E-state index in [2.05, 4.69) is 20.2 Å². The highest BCUT2D eigenvalue weighted by Gasteiger charge is 2.26. The monoisotopic (exact) mass is 427 g/mol. The summed E-state index contributed by atoms with van der Waals surface area (Å²) in [6.07, 6.45) is 1.73. The van der Waals surface area contributed by atoms with E-state index in [1.807, 2.05) is 19.0 Å². The minimum absolute atomic E-state index is 0.0631. The number of anilines is 1. The second-order valence-electron chi connectivity index (χ2n) is 8.29. The summed E-state index contributed by atoms with van der Waals surface area (Å²) in [5, 5.41) is 3.01. The number of amides is 1. The Morgan fingerprint density at radius 3 is 2.90 bits per heavy atom. The number of halogens is 2. The van der Waals surface area contributed by atoms with Crippen molar-refractivity contribution in [1.82, 2.24) is 20.2 Å². The first kappa shape index (κ1) is 21.2. The number of hydrogen-bond acceptors (Lipinski definition) is 4. The average molecular weight is 427 g/mol. The first-order valence-electron chi connectivity index (χ1n) is 10.5. The zero-order chi connectivity index (χ0) is 22.0. The molecule has 8 heteroatoms. The molecule has 2 N–H and O–H groups in total. The Balaban J connectivity index is 1.52. The summed E-state index contributed by atoms with van der Waals surface area (Å²) in [5.41, 5.74) is 2.27. The van der Waals surface area contributed by atoms with Gasteiger partial charge in [-0.05, 0) is 63.3 Å². The quantitative estimate of drug-likeness (QED) is 0.633. The van der Waals surface area contributed by atoms with Crippen molar-refractivity contribution < 1.29 is 13.6 Å². The summed E-state index contributed by atoms with van der Waals surface area (Å²) in [4.78, 5) is 24.1. The summed E-state index contributed by atoms with van der Waals surface area (Å²) in [6.45, 7) is 2.81. The number of hydrogen-bond donors (Lipinski definition) is 2. The van der Waals surface area contributed by atoms with E-state index < -0.39 is 5.82 Å². The molecule has 1 aliphatic heterocycles. The number of likely N-dealkylation sites (N-methyl/N-ethyl adjacent to an activating group) is 1. The van der Waals surface area contributed by atoms with Crippen LogP contribution in [0.25, 0.3) is 22.4 Å². The highest BCUT2D eigenvalue weighted by atomic mass is 19.1. The van der Waals surface area contributed by atoms with E-state index in [1.165, 1.54) is 18.2 Å². The van der Waals surface area contributed by atoms with Crippen LogP contribution >= 0.6 is 0 Å². The van der Waals surface area contributed by atoms with Crippen molar-refractivity contribution >= 4 is 22.6 Å². The molecule has 1 saturated heterocycles. The summed E-state index contributed by atoms with van der Waals surface area (Å²) in [6, 6.07) is 9.13. The van der Waals surface area contributed by atoms with E-state index in [0.29, 0.717) is 35.5 Å². The SMILES string of the molecule is CN(C)CCNC(=O)[C@@H]1CCCN(c2ccc(F)c(-c3nc4ccc(F)cc4[nH]3)c2)C1. The molecule has 4 rings (SSSR count). The molecule has 0 aliphatic carbocycles. The van der Waals surface area contributed by atoms with E-state index >= 15 is 0 Å². The Labute approximate surface area is 180 Å². The molecular weight excluding hydrogens is 400 g/mol. The number of carbonyl (C=O) groups is 1. The van der Waals surface area contributed by atoms with Gasteiger partial charge in [0.1, 0.15) is 17.5 Å². The standard InChI is InChI=1S/C23H27F2N5O/c1-29(2)11-9-26-23(31)15-4-3-10-30(14-15)17-6-7-19(25)18(13-17)22-27-20-8-5-16(24)12-21(20)28-22/h5-8,12-13,15H,3-4,9-11,14H2,1-2H3,(H,26,31)(H,27,28)/t15-/m1/s1. The Kier molecular flexibility index (Phi) is 6.18. The van der Waals surface area contributed by atoms with Gasteiger partial charge in [-0.3, -0.25) is 4.79 Å². The van der Waals surface area contributed by atoms with Crippen molar-refractivity contribution in [3.63, 3.8) is 0 Å². The fourth-order valence-electron chi connectivity index (χ4n) is 3.97. The van der Waals surface area contributed by atoms with Crippen LogP contribution in [-0.2, 0) is 4.79 Å². The maximum Gasteiger partial charge on any atom is 0.224 e. The highest BCUT2D eigenvalue weighted by molar-refractivity contribution is 5.81. The van der Waals surface area contributed by atoms with E-state index in [1.54, 1.807) is 18.2 Å². The van der Waals surface area contributed by atoms with Gasteiger partial charge in [0.05, 0.1) is 22.5 Å². The smallest absolute Gasteiger partial charge is 0.224 e. The van der Waals surface area contributed by atoms with Gasteiger partial charge in [-0.1, -0.05) is 0 Å². The van der Waals surface area contributed by atoms with Gasteiger partial charge in [-0.25, -0.2) is 13.8 Å². The maximum absolute atomic E-state index is 14.6. The third-order valence-electron chi connectivity index (χ3n) is 5.66. The van der Waals surface area contributed by atoms with Gasteiger partial charge >= 0.3 is 0 Å². The summed E-state index contributed by atoms with van der Waals surface area (Å²) in [5.74, 6) is -0.458. The van der Waals surface area contributed by atoms with Crippen molar-refractivity contribution in [2.24, 2.45) is 5.92 Å². The van der Waals surface area contributed by atoms with Crippen LogP contribution in [0.3, 0.4) is 0 Å². The topological polar surface area (TPSA) is 64.3 Å². The van der Waals surface area contributed by atoms with Gasteiger partial charge in [-0.2, -0.15) is 0 Å². The number of nitrogens with one attached hydrogen (secondary N) is 2. The van der Waals surface area contributed by atoms with Crippen LogP contribution in [0.2, 0.25) is 0 Å². The lowest BCUT2D eigenvalue weighted by Crippen LogP contribution is -2.44. The van der Waals surface area contributed by atoms with Crippen LogP contribution in [0.1, 0.15) is 12.8 Å². The van der Waals surface area contributed by atoms with Crippen LogP contribution < -0.4 is 10.2 Å². The first-order chi connectivity index (χ1) is 14.9. The lowest BCUT2D eigenvalue weighted by molar-refractivity contribution is -0.125. The van der Waals surface area contributed by atoms with Crippen molar-refractivity contribution in [2.75, 3.05) is 45.2 Å². The molecule has 0 bridgehead atoms. The normalized spacial score (nSPS) is 16.8. The largest absolute Gasteiger partial charge is 0.371 e. The number of H-pyrrole nitrogens is 1. The number of piperidine rings is 1. The zero-order valence-electron chi connectivity index (χ0n) is 17.8. The molecular formula is C23H27F2N5O. The van der Waals surface area contributed by atoms with Crippen LogP contribution in [0.5, 0.6) is 0 Å². The zero-order valence-corrected chi connectivity index (χ0v) is 17.8. The van der Waals surface area contributed by atoms with Crippen LogP contribution in [0.4, 0.5) is 14.5 Å². The van der Waals surface area contributed by atoms with Gasteiger partial charge < -0.3 is 20.1 Å². The number of aromatic amines is 1. The van der Waals surface area contributed by atoms with Crippen molar-refractivity contribution in [2.45, 2.75) is 12.8 Å². The molecule has 0 saturated carbocycles. The molecule has 1 amide bonds. The highest BCUT2D eigenvalue weighted by Crippen LogP contribution is 2.30. The number of nitrogens with zero attached hydrogens (tertiary/aromatic N) is 3. The van der Waals surface area contributed by atoms with Gasteiger partial charge in [-0.15, -0.1) is 0 Å². The van der Waals surface area contributed by atoms with E-state index in [4.69, 9.17) is 0 Å². The number of imidazole rings is 1. The minimum atomic E-state index is -0.404. The molecule has 1 atom stereocenters. The molecule has 1 aromatic heterocycles. The summed E-state index contributed by atoms with van der Waals surface area (Å²) in [7, 11) is 3.94.